The Labute approximate surface area is 102 Å². The highest BCUT2D eigenvalue weighted by molar-refractivity contribution is 4.97. The number of hydrogen-bond acceptors (Lipinski definition) is 2. The summed E-state index contributed by atoms with van der Waals surface area (Å²) >= 11 is 0. The van der Waals surface area contributed by atoms with E-state index >= 15 is 0 Å². The van der Waals surface area contributed by atoms with Crippen LogP contribution in [0.1, 0.15) is 60.3 Å². The van der Waals surface area contributed by atoms with E-state index in [1.165, 1.54) is 38.8 Å². The maximum absolute atomic E-state index is 3.74. The fourth-order valence-corrected chi connectivity index (χ4v) is 2.84. The monoisotopic (exact) mass is 226 g/mol. The van der Waals surface area contributed by atoms with Gasteiger partial charge in [0.25, 0.3) is 0 Å². The molecule has 1 aliphatic heterocycles. The molecule has 0 radical (unpaired) electrons. The van der Waals surface area contributed by atoms with Gasteiger partial charge in [-0.3, -0.25) is 4.90 Å². The van der Waals surface area contributed by atoms with Crippen LogP contribution in [0.15, 0.2) is 0 Å². The molecule has 0 aliphatic carbocycles. The van der Waals surface area contributed by atoms with Crippen LogP contribution in [0.25, 0.3) is 0 Å². The minimum atomic E-state index is 0.365. The zero-order chi connectivity index (χ0) is 12.2. The predicted octanol–water partition coefficient (Wildman–Crippen LogP) is 3.03. The van der Waals surface area contributed by atoms with E-state index in [1.54, 1.807) is 0 Å². The van der Waals surface area contributed by atoms with Crippen molar-refractivity contribution in [3.63, 3.8) is 0 Å². The first-order valence-electron chi connectivity index (χ1n) is 7.06. The van der Waals surface area contributed by atoms with Crippen molar-refractivity contribution in [1.82, 2.24) is 10.2 Å². The first-order valence-corrected chi connectivity index (χ1v) is 7.06. The molecule has 1 heterocycles. The lowest BCUT2D eigenvalue weighted by atomic mass is 9.85. The summed E-state index contributed by atoms with van der Waals surface area (Å²) < 4.78 is 0. The summed E-state index contributed by atoms with van der Waals surface area (Å²) in [5, 5.41) is 3.74. The third kappa shape index (κ3) is 2.60. The van der Waals surface area contributed by atoms with Crippen LogP contribution in [-0.2, 0) is 0 Å². The molecule has 1 rings (SSSR count). The first kappa shape index (κ1) is 14.0. The van der Waals surface area contributed by atoms with Crippen molar-refractivity contribution in [3.05, 3.63) is 0 Å². The second-order valence-electron chi connectivity index (χ2n) is 5.54. The minimum absolute atomic E-state index is 0.365. The molecule has 0 amide bonds. The molecule has 0 spiro atoms. The Kier molecular flexibility index (Phi) is 4.81. The van der Waals surface area contributed by atoms with Crippen LogP contribution in [0, 0.1) is 0 Å². The van der Waals surface area contributed by atoms with Gasteiger partial charge in [0.1, 0.15) is 0 Å². The quantitative estimate of drug-likeness (QED) is 0.775. The molecule has 1 aliphatic rings. The van der Waals surface area contributed by atoms with Crippen LogP contribution < -0.4 is 5.32 Å². The fraction of sp³-hybridized carbons (Fsp3) is 1.00. The van der Waals surface area contributed by atoms with E-state index in [4.69, 9.17) is 0 Å². The molecule has 0 saturated carbocycles. The third-order valence-electron chi connectivity index (χ3n) is 5.02. The largest absolute Gasteiger partial charge is 0.309 e. The Balaban J connectivity index is 2.76. The lowest BCUT2D eigenvalue weighted by Crippen LogP contribution is -2.64. The molecule has 1 saturated heterocycles. The lowest BCUT2D eigenvalue weighted by molar-refractivity contribution is 0.0266. The second kappa shape index (κ2) is 5.50. The van der Waals surface area contributed by atoms with E-state index in [2.05, 4.69) is 44.8 Å². The fourth-order valence-electron chi connectivity index (χ4n) is 2.84. The topological polar surface area (TPSA) is 15.3 Å². The van der Waals surface area contributed by atoms with Crippen molar-refractivity contribution in [2.24, 2.45) is 0 Å². The van der Waals surface area contributed by atoms with Gasteiger partial charge in [-0.15, -0.1) is 0 Å². The standard InChI is InChI=1S/C14H30N2/c1-6-13(5,7-2)16-11-10-15-14(8-3,9-4)12-16/h15H,6-12H2,1-5H3. The molecule has 0 bridgehead atoms. The minimum Gasteiger partial charge on any atom is -0.309 e. The summed E-state index contributed by atoms with van der Waals surface area (Å²) in [4.78, 5) is 2.72. The first-order chi connectivity index (χ1) is 7.55. The van der Waals surface area contributed by atoms with E-state index in [1.807, 2.05) is 0 Å². The van der Waals surface area contributed by atoms with Crippen LogP contribution in [0.5, 0.6) is 0 Å². The van der Waals surface area contributed by atoms with Gasteiger partial charge in [0.15, 0.2) is 0 Å². The molecule has 2 heteroatoms. The Hall–Kier alpha value is -0.0800. The van der Waals surface area contributed by atoms with E-state index in [9.17, 15) is 0 Å². The van der Waals surface area contributed by atoms with Gasteiger partial charge in [-0.1, -0.05) is 27.7 Å². The molecule has 0 aromatic heterocycles. The van der Waals surface area contributed by atoms with Crippen molar-refractivity contribution < 1.29 is 0 Å². The van der Waals surface area contributed by atoms with Gasteiger partial charge in [0.2, 0.25) is 0 Å². The van der Waals surface area contributed by atoms with Crippen LogP contribution in [-0.4, -0.2) is 35.6 Å². The van der Waals surface area contributed by atoms with Crippen LogP contribution >= 0.6 is 0 Å². The van der Waals surface area contributed by atoms with Gasteiger partial charge in [0.05, 0.1) is 0 Å². The molecule has 2 nitrogen and oxygen atoms in total. The Morgan fingerprint density at radius 3 is 2.12 bits per heavy atom. The van der Waals surface area contributed by atoms with Crippen molar-refractivity contribution in [2.75, 3.05) is 19.6 Å². The van der Waals surface area contributed by atoms with Crippen molar-refractivity contribution >= 4 is 0 Å². The SMILES string of the molecule is CCC1(CC)CN(C(C)(CC)CC)CCN1. The molecule has 1 N–H and O–H groups in total. The Bertz CT molecular complexity index is 199. The summed E-state index contributed by atoms with van der Waals surface area (Å²) in [6.07, 6.45) is 4.99. The van der Waals surface area contributed by atoms with Gasteiger partial charge in [-0.05, 0) is 32.6 Å². The van der Waals surface area contributed by atoms with Crippen molar-refractivity contribution in [2.45, 2.75) is 71.4 Å². The highest BCUT2D eigenvalue weighted by Crippen LogP contribution is 2.29. The van der Waals surface area contributed by atoms with E-state index in [0.717, 1.165) is 6.54 Å². The molecule has 0 unspecified atom stereocenters. The maximum atomic E-state index is 3.74. The van der Waals surface area contributed by atoms with Gasteiger partial charge < -0.3 is 5.32 Å². The number of rotatable bonds is 5. The second-order valence-corrected chi connectivity index (χ2v) is 5.54. The predicted molar refractivity (Wildman–Crippen MR) is 71.9 cm³/mol. The molecule has 0 aromatic rings. The Morgan fingerprint density at radius 1 is 1.12 bits per heavy atom. The van der Waals surface area contributed by atoms with Gasteiger partial charge in [-0.25, -0.2) is 0 Å². The average Bonchev–Trinajstić information content (AvgIpc) is 2.37. The van der Waals surface area contributed by atoms with Gasteiger partial charge >= 0.3 is 0 Å². The normalized spacial score (nSPS) is 22.3. The van der Waals surface area contributed by atoms with Crippen molar-refractivity contribution in [1.29, 1.82) is 0 Å². The van der Waals surface area contributed by atoms with E-state index < -0.39 is 0 Å². The zero-order valence-corrected chi connectivity index (χ0v) is 11.9. The van der Waals surface area contributed by atoms with Crippen LogP contribution in [0.3, 0.4) is 0 Å². The smallest absolute Gasteiger partial charge is 0.0304 e. The van der Waals surface area contributed by atoms with Crippen LogP contribution in [0.2, 0.25) is 0 Å². The van der Waals surface area contributed by atoms with Gasteiger partial charge in [-0.2, -0.15) is 0 Å². The van der Waals surface area contributed by atoms with E-state index in [-0.39, 0.29) is 0 Å². The number of nitrogens with one attached hydrogen (secondary N) is 1. The molecule has 96 valence electrons. The lowest BCUT2D eigenvalue weighted by Gasteiger charge is -2.50. The highest BCUT2D eigenvalue weighted by atomic mass is 15.3. The molecule has 0 aromatic carbocycles. The zero-order valence-electron chi connectivity index (χ0n) is 11.9. The van der Waals surface area contributed by atoms with E-state index in [0.29, 0.717) is 11.1 Å². The summed E-state index contributed by atoms with van der Waals surface area (Å²) in [6.45, 7) is 15.3. The molecule has 1 fully saturated rings. The number of nitrogens with zero attached hydrogens (tertiary/aromatic N) is 1. The summed E-state index contributed by atoms with van der Waals surface area (Å²) in [5.74, 6) is 0. The molecule has 16 heavy (non-hydrogen) atoms. The summed E-state index contributed by atoms with van der Waals surface area (Å²) in [5.41, 5.74) is 0.765. The van der Waals surface area contributed by atoms with Crippen LogP contribution in [0.4, 0.5) is 0 Å². The molecular formula is C14H30N2. The highest BCUT2D eigenvalue weighted by Gasteiger charge is 2.38. The average molecular weight is 226 g/mol. The van der Waals surface area contributed by atoms with Gasteiger partial charge in [0, 0.05) is 30.7 Å². The third-order valence-corrected chi connectivity index (χ3v) is 5.02. The number of piperazine rings is 1. The summed E-state index contributed by atoms with van der Waals surface area (Å²) in [6, 6.07) is 0. The summed E-state index contributed by atoms with van der Waals surface area (Å²) in [7, 11) is 0. The van der Waals surface area contributed by atoms with Crippen molar-refractivity contribution in [3.8, 4) is 0 Å². The molecular weight excluding hydrogens is 196 g/mol. The Morgan fingerprint density at radius 2 is 1.69 bits per heavy atom. The molecule has 0 atom stereocenters. The number of hydrogen-bond donors (Lipinski definition) is 1. The maximum Gasteiger partial charge on any atom is 0.0304 e.